The van der Waals surface area contributed by atoms with Crippen molar-refractivity contribution >= 4 is 17.8 Å². The predicted octanol–water partition coefficient (Wildman–Crippen LogP) is 1.09. The number of nitrogens with zero attached hydrogens (tertiary/aromatic N) is 1. The van der Waals surface area contributed by atoms with E-state index in [1.54, 1.807) is 4.90 Å². The molecule has 21 heavy (non-hydrogen) atoms. The summed E-state index contributed by atoms with van der Waals surface area (Å²) in [6.07, 6.45) is 2.67. The van der Waals surface area contributed by atoms with Crippen molar-refractivity contribution in [3.05, 3.63) is 0 Å². The number of nitrogens with one attached hydrogen (secondary N) is 1. The molecule has 0 unspecified atom stereocenters. The fourth-order valence-electron chi connectivity index (χ4n) is 2.30. The summed E-state index contributed by atoms with van der Waals surface area (Å²) < 4.78 is 4.75. The molecule has 1 saturated heterocycles. The Labute approximate surface area is 126 Å². The smallest absolute Gasteiger partial charge is 0.328 e. The SMILES string of the molecule is COC(=O)[C@H]1CCCCN1C(=O)CCNC(=O)C(C)(C)C. The molecule has 6 heteroatoms. The third-order valence-electron chi connectivity index (χ3n) is 3.60. The molecular weight excluding hydrogens is 272 g/mol. The van der Waals surface area contributed by atoms with Crippen LogP contribution in [0.3, 0.4) is 0 Å². The molecule has 1 aliphatic heterocycles. The Morgan fingerprint density at radius 2 is 1.90 bits per heavy atom. The number of amides is 2. The number of methoxy groups -OCH3 is 1. The lowest BCUT2D eigenvalue weighted by atomic mass is 9.96. The van der Waals surface area contributed by atoms with E-state index in [1.165, 1.54) is 7.11 Å². The molecule has 1 atom stereocenters. The second-order valence-electron chi connectivity index (χ2n) is 6.38. The summed E-state index contributed by atoms with van der Waals surface area (Å²) in [5.74, 6) is -0.556. The Morgan fingerprint density at radius 1 is 1.24 bits per heavy atom. The fourth-order valence-corrected chi connectivity index (χ4v) is 2.30. The Morgan fingerprint density at radius 3 is 2.48 bits per heavy atom. The summed E-state index contributed by atoms with van der Waals surface area (Å²) >= 11 is 0. The monoisotopic (exact) mass is 298 g/mol. The van der Waals surface area contributed by atoms with Crippen molar-refractivity contribution < 1.29 is 19.1 Å². The summed E-state index contributed by atoms with van der Waals surface area (Å²) in [5.41, 5.74) is -0.470. The standard InChI is InChI=1S/C15H26N2O4/c1-15(2,3)14(20)16-9-8-12(18)17-10-6-5-7-11(17)13(19)21-4/h11H,5-10H2,1-4H3,(H,16,20)/t11-/m1/s1. The molecule has 0 bridgehead atoms. The van der Waals surface area contributed by atoms with Gasteiger partial charge in [-0.2, -0.15) is 0 Å². The van der Waals surface area contributed by atoms with E-state index in [4.69, 9.17) is 4.74 Å². The van der Waals surface area contributed by atoms with E-state index in [2.05, 4.69) is 5.32 Å². The second-order valence-corrected chi connectivity index (χ2v) is 6.38. The van der Waals surface area contributed by atoms with Crippen LogP contribution in [-0.4, -0.2) is 48.9 Å². The molecule has 0 aromatic carbocycles. The largest absolute Gasteiger partial charge is 0.467 e. The van der Waals surface area contributed by atoms with Crippen molar-refractivity contribution in [3.8, 4) is 0 Å². The van der Waals surface area contributed by atoms with Crippen LogP contribution in [-0.2, 0) is 19.1 Å². The van der Waals surface area contributed by atoms with Crippen molar-refractivity contribution in [2.24, 2.45) is 5.41 Å². The van der Waals surface area contributed by atoms with Gasteiger partial charge in [0.15, 0.2) is 0 Å². The van der Waals surface area contributed by atoms with E-state index in [0.717, 1.165) is 12.8 Å². The lowest BCUT2D eigenvalue weighted by Gasteiger charge is -2.33. The van der Waals surface area contributed by atoms with Gasteiger partial charge in [0.25, 0.3) is 0 Å². The van der Waals surface area contributed by atoms with E-state index >= 15 is 0 Å². The molecule has 1 rings (SSSR count). The molecule has 0 radical (unpaired) electrons. The van der Waals surface area contributed by atoms with Gasteiger partial charge >= 0.3 is 5.97 Å². The molecule has 0 aliphatic carbocycles. The number of hydrogen-bond donors (Lipinski definition) is 1. The highest BCUT2D eigenvalue weighted by Gasteiger charge is 2.32. The van der Waals surface area contributed by atoms with Gasteiger partial charge in [-0.05, 0) is 19.3 Å². The maximum atomic E-state index is 12.2. The van der Waals surface area contributed by atoms with Gasteiger partial charge < -0.3 is 15.0 Å². The molecule has 0 spiro atoms. The minimum Gasteiger partial charge on any atom is -0.467 e. The minimum atomic E-state index is -0.477. The molecule has 1 N–H and O–H groups in total. The van der Waals surface area contributed by atoms with Crippen molar-refractivity contribution in [1.29, 1.82) is 0 Å². The van der Waals surface area contributed by atoms with E-state index in [1.807, 2.05) is 20.8 Å². The lowest BCUT2D eigenvalue weighted by Crippen LogP contribution is -2.49. The first-order chi connectivity index (χ1) is 9.77. The number of hydrogen-bond acceptors (Lipinski definition) is 4. The number of carbonyl (C=O) groups is 3. The van der Waals surface area contributed by atoms with Gasteiger partial charge in [-0.25, -0.2) is 4.79 Å². The Kier molecular flexibility index (Phi) is 6.18. The van der Waals surface area contributed by atoms with Gasteiger partial charge in [0.2, 0.25) is 11.8 Å². The van der Waals surface area contributed by atoms with Crippen LogP contribution >= 0.6 is 0 Å². The van der Waals surface area contributed by atoms with Crippen molar-refractivity contribution in [2.45, 2.75) is 52.5 Å². The average molecular weight is 298 g/mol. The van der Waals surface area contributed by atoms with Gasteiger partial charge in [-0.3, -0.25) is 9.59 Å². The molecule has 0 aromatic heterocycles. The highest BCUT2D eigenvalue weighted by Crippen LogP contribution is 2.19. The predicted molar refractivity (Wildman–Crippen MR) is 78.4 cm³/mol. The molecule has 120 valence electrons. The van der Waals surface area contributed by atoms with E-state index < -0.39 is 11.5 Å². The topological polar surface area (TPSA) is 75.7 Å². The van der Waals surface area contributed by atoms with Crippen LogP contribution in [0.5, 0.6) is 0 Å². The molecule has 1 aliphatic rings. The molecule has 0 saturated carbocycles. The number of ether oxygens (including phenoxy) is 1. The summed E-state index contributed by atoms with van der Waals surface area (Å²) in [4.78, 5) is 37.2. The van der Waals surface area contributed by atoms with Crippen molar-refractivity contribution in [2.75, 3.05) is 20.2 Å². The molecule has 2 amide bonds. The first-order valence-electron chi connectivity index (χ1n) is 7.43. The highest BCUT2D eigenvalue weighted by molar-refractivity contribution is 5.85. The quantitative estimate of drug-likeness (QED) is 0.788. The van der Waals surface area contributed by atoms with Crippen molar-refractivity contribution in [3.63, 3.8) is 0 Å². The van der Waals surface area contributed by atoms with Crippen LogP contribution in [0.25, 0.3) is 0 Å². The van der Waals surface area contributed by atoms with E-state index in [-0.39, 0.29) is 24.2 Å². The maximum Gasteiger partial charge on any atom is 0.328 e. The summed E-state index contributed by atoms with van der Waals surface area (Å²) in [6, 6.07) is -0.477. The highest BCUT2D eigenvalue weighted by atomic mass is 16.5. The average Bonchev–Trinajstić information content (AvgIpc) is 2.45. The maximum absolute atomic E-state index is 12.2. The van der Waals surface area contributed by atoms with Crippen molar-refractivity contribution in [1.82, 2.24) is 10.2 Å². The molecule has 1 fully saturated rings. The van der Waals surface area contributed by atoms with Crippen LogP contribution < -0.4 is 5.32 Å². The Bertz CT molecular complexity index is 401. The molecular formula is C15H26N2O4. The third kappa shape index (κ3) is 5.02. The number of piperidine rings is 1. The van der Waals surface area contributed by atoms with Crippen LogP contribution in [0.15, 0.2) is 0 Å². The van der Waals surface area contributed by atoms with Gasteiger partial charge in [-0.15, -0.1) is 0 Å². The minimum absolute atomic E-state index is 0.0848. The van der Waals surface area contributed by atoms with Gasteiger partial charge in [0.05, 0.1) is 7.11 Å². The van der Waals surface area contributed by atoms with Gasteiger partial charge in [-0.1, -0.05) is 20.8 Å². The molecule has 1 heterocycles. The first-order valence-corrected chi connectivity index (χ1v) is 7.43. The third-order valence-corrected chi connectivity index (χ3v) is 3.60. The second kappa shape index (κ2) is 7.43. The van der Waals surface area contributed by atoms with Gasteiger partial charge in [0, 0.05) is 24.9 Å². The summed E-state index contributed by atoms with van der Waals surface area (Å²) in [7, 11) is 1.34. The lowest BCUT2D eigenvalue weighted by molar-refractivity contribution is -0.154. The molecule has 6 nitrogen and oxygen atoms in total. The molecule has 0 aromatic rings. The van der Waals surface area contributed by atoms with Gasteiger partial charge in [0.1, 0.15) is 6.04 Å². The zero-order valence-electron chi connectivity index (χ0n) is 13.4. The Balaban J connectivity index is 2.49. The Hall–Kier alpha value is -1.59. The summed E-state index contributed by atoms with van der Waals surface area (Å²) in [5, 5.41) is 2.75. The van der Waals surface area contributed by atoms with Crippen LogP contribution in [0, 0.1) is 5.41 Å². The fraction of sp³-hybridized carbons (Fsp3) is 0.800. The zero-order chi connectivity index (χ0) is 16.0. The van der Waals surface area contributed by atoms with E-state index in [0.29, 0.717) is 19.5 Å². The van der Waals surface area contributed by atoms with Crippen LogP contribution in [0.1, 0.15) is 46.5 Å². The normalized spacial score (nSPS) is 19.0. The number of rotatable bonds is 4. The van der Waals surface area contributed by atoms with E-state index in [9.17, 15) is 14.4 Å². The van der Waals surface area contributed by atoms with Crippen LogP contribution in [0.4, 0.5) is 0 Å². The first kappa shape index (κ1) is 17.5. The number of esters is 1. The van der Waals surface area contributed by atoms with Crippen LogP contribution in [0.2, 0.25) is 0 Å². The summed E-state index contributed by atoms with van der Waals surface area (Å²) in [6.45, 7) is 6.33. The number of likely N-dealkylation sites (tertiary alicyclic amines) is 1. The zero-order valence-corrected chi connectivity index (χ0v) is 13.4. The number of carbonyl (C=O) groups excluding carboxylic acids is 3.